The lowest BCUT2D eigenvalue weighted by atomic mass is 10.1. The van der Waals surface area contributed by atoms with Crippen LogP contribution in [-0.2, 0) is 16.0 Å². The van der Waals surface area contributed by atoms with Crippen molar-refractivity contribution in [1.29, 1.82) is 10.8 Å². The van der Waals surface area contributed by atoms with Crippen LogP contribution < -0.4 is 21.5 Å². The van der Waals surface area contributed by atoms with Crippen LogP contribution in [0.5, 0.6) is 5.75 Å². The zero-order valence-electron chi connectivity index (χ0n) is 22.9. The largest absolute Gasteiger partial charge is 0.491 e. The van der Waals surface area contributed by atoms with E-state index >= 15 is 0 Å². The lowest BCUT2D eigenvalue weighted by molar-refractivity contribution is -0.193. The molecule has 0 saturated heterocycles. The third-order valence-corrected chi connectivity index (χ3v) is 5.20. The first-order chi connectivity index (χ1) is 20.8. The topological polar surface area (TPSA) is 213 Å². The number of carbonyl (C=O) groups is 3. The monoisotopic (exact) mass is 643 g/mol. The lowest BCUT2D eigenvalue weighted by Crippen LogP contribution is -2.40. The van der Waals surface area contributed by atoms with Crippen molar-refractivity contribution >= 4 is 29.5 Å². The van der Waals surface area contributed by atoms with Gasteiger partial charge in [0, 0.05) is 16.7 Å². The molecule has 242 valence electrons. The van der Waals surface area contributed by atoms with Crippen LogP contribution in [0.25, 0.3) is 0 Å². The van der Waals surface area contributed by atoms with Crippen LogP contribution in [0.1, 0.15) is 27.0 Å². The van der Waals surface area contributed by atoms with Gasteiger partial charge in [0.15, 0.2) is 0 Å². The van der Waals surface area contributed by atoms with E-state index in [2.05, 4.69) is 5.32 Å². The van der Waals surface area contributed by atoms with E-state index < -0.39 is 24.3 Å². The highest BCUT2D eigenvalue weighted by molar-refractivity contribution is 5.98. The average Bonchev–Trinajstić information content (AvgIpc) is 2.96. The fraction of sp³-hybridized carbons (Fsp3) is 0.179. The van der Waals surface area contributed by atoms with E-state index in [0.717, 1.165) is 5.56 Å². The molecule has 45 heavy (non-hydrogen) atoms. The average molecular weight is 644 g/mol. The summed E-state index contributed by atoms with van der Waals surface area (Å²) in [7, 11) is 0. The Morgan fingerprint density at radius 3 is 1.64 bits per heavy atom. The molecule has 0 saturated carbocycles. The minimum atomic E-state index is -5.08. The highest BCUT2D eigenvalue weighted by Crippen LogP contribution is 2.15. The fourth-order valence-corrected chi connectivity index (χ4v) is 3.07. The highest BCUT2D eigenvalue weighted by atomic mass is 19.4. The van der Waals surface area contributed by atoms with E-state index in [4.69, 9.17) is 46.8 Å². The number of carbonyl (C=O) groups excluding carboxylic acids is 1. The van der Waals surface area contributed by atoms with Crippen LogP contribution in [0.15, 0.2) is 78.9 Å². The molecule has 0 fully saturated rings. The van der Waals surface area contributed by atoms with Crippen LogP contribution in [0, 0.1) is 10.8 Å². The van der Waals surface area contributed by atoms with Gasteiger partial charge in [0.1, 0.15) is 24.0 Å². The van der Waals surface area contributed by atoms with E-state index in [1.165, 1.54) is 0 Å². The number of nitrogen functional groups attached to an aromatic ring is 2. The molecule has 0 aliphatic heterocycles. The number of halogens is 6. The third kappa shape index (κ3) is 14.4. The quantitative estimate of drug-likeness (QED) is 0.103. The Bertz CT molecular complexity index is 1440. The van der Waals surface area contributed by atoms with E-state index in [1.807, 2.05) is 30.3 Å². The number of hydrogen-bond acceptors (Lipinski definition) is 6. The minimum absolute atomic E-state index is 0.0337. The van der Waals surface area contributed by atoms with Crippen molar-refractivity contribution in [1.82, 2.24) is 5.32 Å². The molecule has 1 amide bonds. The number of alkyl halides is 6. The van der Waals surface area contributed by atoms with Gasteiger partial charge in [0.2, 0.25) is 0 Å². The highest BCUT2D eigenvalue weighted by Gasteiger charge is 2.38. The van der Waals surface area contributed by atoms with Gasteiger partial charge in [0.25, 0.3) is 5.91 Å². The summed E-state index contributed by atoms with van der Waals surface area (Å²) in [5.74, 6) is -5.26. The second-order valence-corrected chi connectivity index (χ2v) is 8.71. The van der Waals surface area contributed by atoms with Gasteiger partial charge >= 0.3 is 24.3 Å². The Kier molecular flexibility index (Phi) is 14.0. The van der Waals surface area contributed by atoms with E-state index in [1.54, 1.807) is 48.5 Å². The zero-order chi connectivity index (χ0) is 34.4. The molecule has 3 aromatic carbocycles. The number of carboxylic acid groups (broad SMARTS) is 2. The standard InChI is InChI=1S/C24H25N5O2.2C2HF3O2/c25-22(26)17-9-11-18(12-10-17)24(30)29-20(13-16-5-2-1-3-6-16)15-31-21-8-4-7-19(14-21)23(27)28;2*3-2(4,5)1(6)7/h1-12,14,20H,13,15H2,(H3,25,26)(H3,27,28)(H,29,30);2*(H,6,7)/t20-;;/m0../s1. The summed E-state index contributed by atoms with van der Waals surface area (Å²) in [6, 6.07) is 23.1. The number of amides is 1. The van der Waals surface area contributed by atoms with E-state index in [0.29, 0.717) is 28.9 Å². The summed E-state index contributed by atoms with van der Waals surface area (Å²) in [5.41, 5.74) is 13.7. The number of carboxylic acids is 2. The van der Waals surface area contributed by atoms with Gasteiger partial charge in [-0.15, -0.1) is 0 Å². The number of nitrogens with one attached hydrogen (secondary N) is 3. The number of aliphatic carboxylic acids is 2. The summed E-state index contributed by atoms with van der Waals surface area (Å²) in [6.07, 6.45) is -9.58. The molecule has 0 spiro atoms. The third-order valence-electron chi connectivity index (χ3n) is 5.20. The van der Waals surface area contributed by atoms with Gasteiger partial charge in [-0.3, -0.25) is 15.6 Å². The number of hydrogen-bond donors (Lipinski definition) is 7. The molecule has 0 unspecified atom stereocenters. The fourth-order valence-electron chi connectivity index (χ4n) is 3.07. The summed E-state index contributed by atoms with van der Waals surface area (Å²) < 4.78 is 69.4. The molecule has 0 bridgehead atoms. The molecular weight excluding hydrogens is 616 g/mol. The molecular formula is C28H27F6N5O6. The number of rotatable bonds is 9. The van der Waals surface area contributed by atoms with Crippen molar-refractivity contribution in [2.24, 2.45) is 11.5 Å². The summed E-state index contributed by atoms with van der Waals surface area (Å²) >= 11 is 0. The van der Waals surface area contributed by atoms with Gasteiger partial charge in [0.05, 0.1) is 6.04 Å². The number of ether oxygens (including phenoxy) is 1. The first-order valence-electron chi connectivity index (χ1n) is 12.3. The predicted octanol–water partition coefficient (Wildman–Crippen LogP) is 3.94. The van der Waals surface area contributed by atoms with Crippen molar-refractivity contribution in [3.8, 4) is 5.75 Å². The maximum absolute atomic E-state index is 12.8. The maximum atomic E-state index is 12.8. The molecule has 0 heterocycles. The molecule has 0 radical (unpaired) electrons. The SMILES string of the molecule is N=C(N)c1ccc(C(=O)N[C@H](COc2cccc(C(=N)N)c2)Cc2ccccc2)cc1.O=C(O)C(F)(F)F.O=C(O)C(F)(F)F. The Labute approximate surface area is 251 Å². The van der Waals surface area contributed by atoms with Crippen LogP contribution >= 0.6 is 0 Å². The number of amidine groups is 2. The molecule has 17 heteroatoms. The normalized spacial score (nSPS) is 11.3. The smallest absolute Gasteiger partial charge is 0.490 e. The number of nitrogens with two attached hydrogens (primary N) is 2. The second kappa shape index (κ2) is 16.9. The van der Waals surface area contributed by atoms with Gasteiger partial charge in [-0.1, -0.05) is 54.6 Å². The zero-order valence-corrected chi connectivity index (χ0v) is 22.9. The lowest BCUT2D eigenvalue weighted by Gasteiger charge is -2.20. The predicted molar refractivity (Wildman–Crippen MR) is 149 cm³/mol. The van der Waals surface area contributed by atoms with Crippen molar-refractivity contribution in [3.63, 3.8) is 0 Å². The Balaban J connectivity index is 0.000000601. The van der Waals surface area contributed by atoms with Crippen molar-refractivity contribution in [2.75, 3.05) is 6.61 Å². The molecule has 1 atom stereocenters. The maximum Gasteiger partial charge on any atom is 0.490 e. The first-order valence-corrected chi connectivity index (χ1v) is 12.3. The first kappa shape index (κ1) is 37.4. The van der Waals surface area contributed by atoms with Crippen LogP contribution in [0.4, 0.5) is 26.3 Å². The molecule has 11 nitrogen and oxygen atoms in total. The van der Waals surface area contributed by atoms with Crippen molar-refractivity contribution in [3.05, 3.63) is 101 Å². The molecule has 9 N–H and O–H groups in total. The molecule has 0 aliphatic carbocycles. The van der Waals surface area contributed by atoms with Crippen molar-refractivity contribution < 1.29 is 55.7 Å². The number of benzene rings is 3. The molecule has 3 rings (SSSR count). The van der Waals surface area contributed by atoms with E-state index in [9.17, 15) is 31.1 Å². The van der Waals surface area contributed by atoms with Gasteiger partial charge in [-0.25, -0.2) is 9.59 Å². The van der Waals surface area contributed by atoms with Crippen LogP contribution in [0.3, 0.4) is 0 Å². The summed E-state index contributed by atoms with van der Waals surface area (Å²) in [5, 5.41) is 32.3. The Morgan fingerprint density at radius 1 is 0.733 bits per heavy atom. The summed E-state index contributed by atoms with van der Waals surface area (Å²) in [6.45, 7) is 0.244. The molecule has 0 aliphatic rings. The van der Waals surface area contributed by atoms with Gasteiger partial charge in [-0.2, -0.15) is 26.3 Å². The van der Waals surface area contributed by atoms with Crippen molar-refractivity contribution in [2.45, 2.75) is 24.8 Å². The summed E-state index contributed by atoms with van der Waals surface area (Å²) in [4.78, 5) is 30.6. The van der Waals surface area contributed by atoms with E-state index in [-0.39, 0.29) is 30.2 Å². The molecule has 3 aromatic rings. The minimum Gasteiger partial charge on any atom is -0.491 e. The van der Waals surface area contributed by atoms with Crippen LogP contribution in [-0.4, -0.2) is 64.7 Å². The Hall–Kier alpha value is -5.61. The molecule has 0 aromatic heterocycles. The van der Waals surface area contributed by atoms with Gasteiger partial charge < -0.3 is 31.7 Å². The second-order valence-electron chi connectivity index (χ2n) is 8.71. The van der Waals surface area contributed by atoms with Gasteiger partial charge in [-0.05, 0) is 36.2 Å². The Morgan fingerprint density at radius 2 is 1.20 bits per heavy atom. The van der Waals surface area contributed by atoms with Crippen LogP contribution in [0.2, 0.25) is 0 Å².